The molecule has 5 rings (SSSR count). The van der Waals surface area contributed by atoms with E-state index in [9.17, 15) is 18.7 Å². The molecule has 32 heavy (non-hydrogen) atoms. The van der Waals surface area contributed by atoms with Gasteiger partial charge in [0.1, 0.15) is 6.26 Å². The molecule has 4 aromatic rings. The number of nitrogens with zero attached hydrogens (tertiary/aromatic N) is 3. The average molecular weight is 449 g/mol. The molecule has 8 nitrogen and oxygen atoms in total. The highest BCUT2D eigenvalue weighted by molar-refractivity contribution is 7.89. The Morgan fingerprint density at radius 1 is 1.06 bits per heavy atom. The average Bonchev–Trinajstić information content (AvgIpc) is 3.49. The van der Waals surface area contributed by atoms with Crippen molar-refractivity contribution in [3.8, 4) is 11.5 Å². The number of aromatic nitrogens is 2. The largest absolute Gasteiger partial charge is 0.618 e. The van der Waals surface area contributed by atoms with Crippen LogP contribution in [0.4, 0.5) is 0 Å². The molecule has 1 aliphatic rings. The molecule has 0 aliphatic carbocycles. The number of rotatable bonds is 5. The lowest BCUT2D eigenvalue weighted by molar-refractivity contribution is -0.618. The second-order valence-electron chi connectivity index (χ2n) is 7.52. The van der Waals surface area contributed by atoms with E-state index in [0.717, 1.165) is 0 Å². The maximum absolute atomic E-state index is 13.2. The first-order valence-electron chi connectivity index (χ1n) is 9.91. The van der Waals surface area contributed by atoms with Gasteiger partial charge in [-0.1, -0.05) is 30.3 Å². The Bertz CT molecular complexity index is 1360. The minimum Gasteiger partial charge on any atom is -0.618 e. The zero-order valence-corrected chi connectivity index (χ0v) is 17.6. The van der Waals surface area contributed by atoms with Gasteiger partial charge in [0, 0.05) is 30.3 Å². The predicted octanol–water partition coefficient (Wildman–Crippen LogP) is 2.76. The molecule has 9 heteroatoms. The summed E-state index contributed by atoms with van der Waals surface area (Å²) in [6.45, 7) is 0.206. The van der Waals surface area contributed by atoms with Crippen molar-refractivity contribution in [2.24, 2.45) is 0 Å². The van der Waals surface area contributed by atoms with Crippen LogP contribution in [-0.4, -0.2) is 22.8 Å². The van der Waals surface area contributed by atoms with Crippen LogP contribution in [-0.2, 0) is 23.1 Å². The van der Waals surface area contributed by atoms with Gasteiger partial charge in [-0.3, -0.25) is 0 Å². The van der Waals surface area contributed by atoms with Gasteiger partial charge in [-0.25, -0.2) is 13.4 Å². The van der Waals surface area contributed by atoms with Crippen molar-refractivity contribution in [3.05, 3.63) is 107 Å². The highest BCUT2D eigenvalue weighted by atomic mass is 32.2. The van der Waals surface area contributed by atoms with Crippen molar-refractivity contribution in [1.29, 1.82) is 0 Å². The molecule has 3 heterocycles. The van der Waals surface area contributed by atoms with Gasteiger partial charge in [0.15, 0.2) is 12.3 Å². The fourth-order valence-corrected chi connectivity index (χ4v) is 5.22. The van der Waals surface area contributed by atoms with Crippen LogP contribution in [0, 0.1) is 5.21 Å². The third-order valence-electron chi connectivity index (χ3n) is 5.52. The lowest BCUT2D eigenvalue weighted by Crippen LogP contribution is -2.34. The monoisotopic (exact) mass is 449 g/mol. The molecule has 0 spiro atoms. The number of aliphatic hydroxyl groups excluding tert-OH is 1. The summed E-state index contributed by atoms with van der Waals surface area (Å²) in [6.07, 6.45) is 3.21. The summed E-state index contributed by atoms with van der Waals surface area (Å²) in [5, 5.41) is 23.2. The van der Waals surface area contributed by atoms with Crippen molar-refractivity contribution >= 4 is 10.0 Å². The molecule has 1 atom stereocenters. The number of pyridine rings is 1. The van der Waals surface area contributed by atoms with E-state index >= 15 is 0 Å². The summed E-state index contributed by atoms with van der Waals surface area (Å²) in [5.74, 6) is 0.409. The Kier molecular flexibility index (Phi) is 5.01. The van der Waals surface area contributed by atoms with Crippen molar-refractivity contribution in [2.75, 3.05) is 0 Å². The van der Waals surface area contributed by atoms with Gasteiger partial charge in [0.05, 0.1) is 11.1 Å². The molecular formula is C23H19N3O5S. The fraction of sp³-hybridized carbons (Fsp3) is 0.130. The second-order valence-corrected chi connectivity index (χ2v) is 9.46. The van der Waals surface area contributed by atoms with Crippen LogP contribution in [0.25, 0.3) is 11.5 Å². The standard InChI is InChI=1S/C23H19N3O5S/c27-22(16-4-2-1-3-5-16)21-12-18-13-25(14-19(18)15-26(21)28)32(29,30)20-8-6-17(7-9-20)23-24-10-11-31-23/h1-12,15,22,27H,13-14H2. The Morgan fingerprint density at radius 3 is 2.47 bits per heavy atom. The fourth-order valence-electron chi connectivity index (χ4n) is 3.82. The van der Waals surface area contributed by atoms with Gasteiger partial charge in [-0.2, -0.15) is 9.04 Å². The maximum atomic E-state index is 13.2. The molecule has 0 radical (unpaired) electrons. The Balaban J connectivity index is 1.41. The maximum Gasteiger partial charge on any atom is 0.243 e. The zero-order valence-electron chi connectivity index (χ0n) is 16.8. The first-order chi connectivity index (χ1) is 15.4. The van der Waals surface area contributed by atoms with Gasteiger partial charge >= 0.3 is 0 Å². The lowest BCUT2D eigenvalue weighted by Gasteiger charge is -2.15. The first kappa shape index (κ1) is 20.4. The molecule has 2 aromatic heterocycles. The van der Waals surface area contributed by atoms with Crippen LogP contribution in [0.15, 0.2) is 88.6 Å². The van der Waals surface area contributed by atoms with Crippen molar-refractivity contribution in [3.63, 3.8) is 0 Å². The summed E-state index contributed by atoms with van der Waals surface area (Å²) in [6, 6.07) is 16.7. The molecule has 0 saturated heterocycles. The third kappa shape index (κ3) is 3.56. The first-order valence-corrected chi connectivity index (χ1v) is 11.4. The zero-order chi connectivity index (χ0) is 22.3. The van der Waals surface area contributed by atoms with Crippen LogP contribution in [0.1, 0.15) is 28.5 Å². The van der Waals surface area contributed by atoms with Gasteiger partial charge in [-0.15, -0.1) is 0 Å². The van der Waals surface area contributed by atoms with Crippen LogP contribution in [0.5, 0.6) is 0 Å². The molecule has 1 aliphatic heterocycles. The minimum absolute atomic E-state index is 0.0864. The summed E-state index contributed by atoms with van der Waals surface area (Å²) in [4.78, 5) is 4.20. The summed E-state index contributed by atoms with van der Waals surface area (Å²) in [5.41, 5.74) is 2.73. The van der Waals surface area contributed by atoms with E-state index < -0.39 is 16.1 Å². The summed E-state index contributed by atoms with van der Waals surface area (Å²) < 4.78 is 33.5. The number of aliphatic hydroxyl groups is 1. The summed E-state index contributed by atoms with van der Waals surface area (Å²) in [7, 11) is -3.78. The van der Waals surface area contributed by atoms with Gasteiger partial charge in [0.25, 0.3) is 0 Å². The van der Waals surface area contributed by atoms with Crippen molar-refractivity contribution < 1.29 is 22.7 Å². The third-order valence-corrected chi connectivity index (χ3v) is 7.33. The Labute approximate surface area is 184 Å². The van der Waals surface area contributed by atoms with E-state index in [1.54, 1.807) is 42.5 Å². The van der Waals surface area contributed by atoms with E-state index in [0.29, 0.717) is 32.9 Å². The topological polar surface area (TPSA) is 111 Å². The van der Waals surface area contributed by atoms with Crippen LogP contribution < -0.4 is 4.73 Å². The minimum atomic E-state index is -3.78. The molecule has 1 N–H and O–H groups in total. The highest BCUT2D eigenvalue weighted by Crippen LogP contribution is 2.31. The number of sulfonamides is 1. The highest BCUT2D eigenvalue weighted by Gasteiger charge is 2.34. The normalized spacial score (nSPS) is 14.9. The number of hydrogen-bond acceptors (Lipinski definition) is 6. The number of benzene rings is 2. The van der Waals surface area contributed by atoms with E-state index in [4.69, 9.17) is 4.42 Å². The molecule has 1 unspecified atom stereocenters. The Hall–Kier alpha value is -3.53. The molecule has 2 aromatic carbocycles. The van der Waals surface area contributed by atoms with Gasteiger partial charge in [0.2, 0.25) is 21.6 Å². The van der Waals surface area contributed by atoms with Crippen LogP contribution >= 0.6 is 0 Å². The lowest BCUT2D eigenvalue weighted by atomic mass is 10.0. The number of oxazole rings is 1. The van der Waals surface area contributed by atoms with E-state index in [2.05, 4.69) is 4.98 Å². The molecule has 162 valence electrons. The SMILES string of the molecule is O=S(=O)(c1ccc(-c2ncco2)cc1)N1Cc2cc(C(O)c3ccccc3)[n+]([O-])cc2C1. The molecule has 0 amide bonds. The second kappa shape index (κ2) is 7.86. The van der Waals surface area contributed by atoms with Gasteiger partial charge < -0.3 is 14.7 Å². The smallest absolute Gasteiger partial charge is 0.243 e. The quantitative estimate of drug-likeness (QED) is 0.371. The van der Waals surface area contributed by atoms with E-state index in [1.807, 2.05) is 6.07 Å². The predicted molar refractivity (Wildman–Crippen MR) is 114 cm³/mol. The number of fused-ring (bicyclic) bond motifs is 1. The number of hydrogen-bond donors (Lipinski definition) is 1. The van der Waals surface area contributed by atoms with Gasteiger partial charge in [-0.05, 0) is 35.4 Å². The summed E-state index contributed by atoms with van der Waals surface area (Å²) >= 11 is 0. The molecule has 0 saturated carbocycles. The Morgan fingerprint density at radius 2 is 1.78 bits per heavy atom. The van der Waals surface area contributed by atoms with Crippen molar-refractivity contribution in [2.45, 2.75) is 24.1 Å². The van der Waals surface area contributed by atoms with Crippen molar-refractivity contribution in [1.82, 2.24) is 9.29 Å². The molecular weight excluding hydrogens is 430 g/mol. The molecule has 0 bridgehead atoms. The van der Waals surface area contributed by atoms with Crippen LogP contribution in [0.3, 0.4) is 0 Å². The molecule has 0 fully saturated rings. The van der Waals surface area contributed by atoms with Crippen LogP contribution in [0.2, 0.25) is 0 Å². The van der Waals surface area contributed by atoms with E-state index in [1.165, 1.54) is 35.1 Å². The van der Waals surface area contributed by atoms with E-state index in [-0.39, 0.29) is 23.7 Å².